The number of hydrogen-bond acceptors (Lipinski definition) is 7. The molecule has 1 heterocycles. The Morgan fingerprint density at radius 1 is 0.892 bits per heavy atom. The largest absolute Gasteiger partial charge is 0.465 e. The molecule has 0 saturated carbocycles. The average molecular weight is 519 g/mol. The van der Waals surface area contributed by atoms with Gasteiger partial charge in [0.1, 0.15) is 5.37 Å². The number of esters is 2. The Bertz CT molecular complexity index is 1280. The zero-order valence-corrected chi connectivity index (χ0v) is 21.2. The standard InChI is InChI=1S/C28H26N2O6S/c1-35-27(33)21-14-22(28(34)36-2)16-23(15-21)29-25(32)19-8-10-20(11-9-19)26-30(24(31)17-37-26)13-12-18-6-4-3-5-7-18/h3-11,14-16,26H,12-13,17H2,1-2H3,(H,29,32)/t26-/m1/s1. The van der Waals surface area contributed by atoms with E-state index >= 15 is 0 Å². The summed E-state index contributed by atoms with van der Waals surface area (Å²) in [5.41, 5.74) is 2.95. The van der Waals surface area contributed by atoms with Gasteiger partial charge in [0.25, 0.3) is 5.91 Å². The molecule has 0 unspecified atom stereocenters. The second-order valence-electron chi connectivity index (χ2n) is 8.34. The zero-order chi connectivity index (χ0) is 26.4. The van der Waals surface area contributed by atoms with Crippen LogP contribution in [0.15, 0.2) is 72.8 Å². The molecule has 3 aromatic rings. The summed E-state index contributed by atoms with van der Waals surface area (Å²) < 4.78 is 9.47. The molecule has 4 rings (SSSR count). The maximum atomic E-state index is 12.9. The van der Waals surface area contributed by atoms with Crippen molar-refractivity contribution in [2.45, 2.75) is 11.8 Å². The molecule has 9 heteroatoms. The summed E-state index contributed by atoms with van der Waals surface area (Å²) in [5, 5.41) is 2.60. The molecule has 2 amide bonds. The van der Waals surface area contributed by atoms with Crippen LogP contribution in [0.25, 0.3) is 0 Å². The zero-order valence-electron chi connectivity index (χ0n) is 20.4. The molecule has 0 bridgehead atoms. The average Bonchev–Trinajstić information content (AvgIpc) is 3.31. The van der Waals surface area contributed by atoms with Gasteiger partial charge < -0.3 is 19.7 Å². The van der Waals surface area contributed by atoms with Gasteiger partial charge in [-0.05, 0) is 47.9 Å². The van der Waals surface area contributed by atoms with Gasteiger partial charge in [0.05, 0.1) is 31.1 Å². The highest BCUT2D eigenvalue weighted by Gasteiger charge is 2.32. The fraction of sp³-hybridized carbons (Fsp3) is 0.214. The van der Waals surface area contributed by atoms with E-state index < -0.39 is 17.8 Å². The van der Waals surface area contributed by atoms with Crippen molar-refractivity contribution in [3.8, 4) is 0 Å². The second kappa shape index (κ2) is 11.7. The van der Waals surface area contributed by atoms with Crippen molar-refractivity contribution in [3.63, 3.8) is 0 Å². The molecule has 0 aromatic heterocycles. The summed E-state index contributed by atoms with van der Waals surface area (Å²) in [5.74, 6) is -1.20. The minimum atomic E-state index is -0.647. The van der Waals surface area contributed by atoms with Gasteiger partial charge in [0.15, 0.2) is 0 Å². The van der Waals surface area contributed by atoms with Gasteiger partial charge in [-0.25, -0.2) is 9.59 Å². The van der Waals surface area contributed by atoms with Crippen LogP contribution in [0.4, 0.5) is 5.69 Å². The number of rotatable bonds is 8. The van der Waals surface area contributed by atoms with Gasteiger partial charge in [-0.15, -0.1) is 11.8 Å². The highest BCUT2D eigenvalue weighted by molar-refractivity contribution is 8.00. The first kappa shape index (κ1) is 26.0. The van der Waals surface area contributed by atoms with Crippen LogP contribution in [0.5, 0.6) is 0 Å². The van der Waals surface area contributed by atoms with Crippen LogP contribution in [0, 0.1) is 0 Å². The molecule has 190 valence electrons. The third-order valence-corrected chi connectivity index (χ3v) is 7.20. The van der Waals surface area contributed by atoms with E-state index in [2.05, 4.69) is 5.32 Å². The van der Waals surface area contributed by atoms with Gasteiger partial charge in [-0.3, -0.25) is 9.59 Å². The van der Waals surface area contributed by atoms with Gasteiger partial charge >= 0.3 is 11.9 Å². The number of hydrogen-bond donors (Lipinski definition) is 1. The van der Waals surface area contributed by atoms with E-state index in [1.54, 1.807) is 23.9 Å². The van der Waals surface area contributed by atoms with E-state index in [9.17, 15) is 19.2 Å². The predicted octanol–water partition coefficient (Wildman–Crippen LogP) is 4.33. The number of benzene rings is 3. The fourth-order valence-electron chi connectivity index (χ4n) is 4.04. The third kappa shape index (κ3) is 6.18. The normalized spacial score (nSPS) is 14.8. The molecule has 1 saturated heterocycles. The molecule has 1 aliphatic rings. The van der Waals surface area contributed by atoms with Gasteiger partial charge in [0.2, 0.25) is 5.91 Å². The predicted molar refractivity (Wildman–Crippen MR) is 141 cm³/mol. The number of ether oxygens (including phenoxy) is 2. The molecule has 1 atom stereocenters. The summed E-state index contributed by atoms with van der Waals surface area (Å²) in [6.07, 6.45) is 0.766. The number of carbonyl (C=O) groups excluding carboxylic acids is 4. The number of carbonyl (C=O) groups is 4. The molecule has 0 aliphatic carbocycles. The van der Waals surface area contributed by atoms with Gasteiger partial charge in [-0.1, -0.05) is 42.5 Å². The van der Waals surface area contributed by atoms with E-state index in [0.29, 0.717) is 17.9 Å². The van der Waals surface area contributed by atoms with Crippen molar-refractivity contribution < 1.29 is 28.7 Å². The Morgan fingerprint density at radius 2 is 1.51 bits per heavy atom. The Hall–Kier alpha value is -4.11. The lowest BCUT2D eigenvalue weighted by Crippen LogP contribution is -2.30. The highest BCUT2D eigenvalue weighted by Crippen LogP contribution is 2.38. The molecule has 37 heavy (non-hydrogen) atoms. The van der Waals surface area contributed by atoms with E-state index in [1.807, 2.05) is 47.4 Å². The van der Waals surface area contributed by atoms with Crippen molar-refractivity contribution in [2.75, 3.05) is 31.8 Å². The van der Waals surface area contributed by atoms with E-state index in [1.165, 1.54) is 38.0 Å². The lowest BCUT2D eigenvalue weighted by atomic mass is 10.1. The van der Waals surface area contributed by atoms with E-state index in [0.717, 1.165) is 12.0 Å². The monoisotopic (exact) mass is 518 g/mol. The van der Waals surface area contributed by atoms with Crippen LogP contribution in [0.3, 0.4) is 0 Å². The molecular formula is C28H26N2O6S. The molecule has 8 nitrogen and oxygen atoms in total. The Kier molecular flexibility index (Phi) is 8.25. The van der Waals surface area contributed by atoms with Crippen LogP contribution >= 0.6 is 11.8 Å². The molecule has 0 radical (unpaired) electrons. The molecule has 1 aliphatic heterocycles. The van der Waals surface area contributed by atoms with Crippen molar-refractivity contribution in [1.82, 2.24) is 4.90 Å². The third-order valence-electron chi connectivity index (χ3n) is 5.94. The van der Waals surface area contributed by atoms with Crippen molar-refractivity contribution in [3.05, 3.63) is 101 Å². The SMILES string of the molecule is COC(=O)c1cc(NC(=O)c2ccc([C@H]3SCC(=O)N3CCc3ccccc3)cc2)cc(C(=O)OC)c1. The summed E-state index contributed by atoms with van der Waals surface area (Å²) in [6.45, 7) is 0.613. The van der Waals surface area contributed by atoms with E-state index in [-0.39, 0.29) is 28.1 Å². The minimum absolute atomic E-state index is 0.0969. The molecule has 3 aromatic carbocycles. The van der Waals surface area contributed by atoms with Crippen molar-refractivity contribution in [2.24, 2.45) is 0 Å². The fourth-order valence-corrected chi connectivity index (χ4v) is 5.26. The number of amides is 2. The summed E-state index contributed by atoms with van der Waals surface area (Å²) in [4.78, 5) is 51.3. The Morgan fingerprint density at radius 3 is 2.11 bits per heavy atom. The smallest absolute Gasteiger partial charge is 0.337 e. The first-order valence-corrected chi connectivity index (χ1v) is 12.6. The lowest BCUT2D eigenvalue weighted by Gasteiger charge is -2.24. The Balaban J connectivity index is 1.47. The first-order chi connectivity index (χ1) is 17.9. The van der Waals surface area contributed by atoms with Crippen molar-refractivity contribution >= 4 is 41.2 Å². The lowest BCUT2D eigenvalue weighted by molar-refractivity contribution is -0.128. The van der Waals surface area contributed by atoms with Crippen LogP contribution in [0.2, 0.25) is 0 Å². The van der Waals surface area contributed by atoms with Crippen molar-refractivity contribution in [1.29, 1.82) is 0 Å². The number of anilines is 1. The number of methoxy groups -OCH3 is 2. The molecular weight excluding hydrogens is 492 g/mol. The van der Waals surface area contributed by atoms with Gasteiger partial charge in [0, 0.05) is 17.8 Å². The second-order valence-corrected chi connectivity index (χ2v) is 9.41. The topological polar surface area (TPSA) is 102 Å². The summed E-state index contributed by atoms with van der Waals surface area (Å²) in [6, 6.07) is 21.3. The van der Waals surface area contributed by atoms with Crippen LogP contribution in [-0.4, -0.2) is 55.2 Å². The van der Waals surface area contributed by atoms with E-state index in [4.69, 9.17) is 9.47 Å². The van der Waals surface area contributed by atoms with Crippen LogP contribution < -0.4 is 5.32 Å². The number of thioether (sulfide) groups is 1. The number of nitrogens with zero attached hydrogens (tertiary/aromatic N) is 1. The van der Waals surface area contributed by atoms with Gasteiger partial charge in [-0.2, -0.15) is 0 Å². The summed E-state index contributed by atoms with van der Waals surface area (Å²) in [7, 11) is 2.46. The maximum absolute atomic E-state index is 12.9. The minimum Gasteiger partial charge on any atom is -0.465 e. The molecule has 1 fully saturated rings. The van der Waals surface area contributed by atoms with Crippen LogP contribution in [0.1, 0.15) is 47.6 Å². The quantitative estimate of drug-likeness (QED) is 0.443. The molecule has 0 spiro atoms. The Labute approximate surface area is 218 Å². The first-order valence-electron chi connectivity index (χ1n) is 11.6. The highest BCUT2D eigenvalue weighted by atomic mass is 32.2. The number of nitrogens with one attached hydrogen (secondary N) is 1. The molecule has 1 N–H and O–H groups in total. The maximum Gasteiger partial charge on any atom is 0.337 e. The van der Waals surface area contributed by atoms with Crippen LogP contribution in [-0.2, 0) is 20.7 Å². The summed E-state index contributed by atoms with van der Waals surface area (Å²) >= 11 is 1.56.